The van der Waals surface area contributed by atoms with Crippen LogP contribution < -0.4 is 0 Å². The van der Waals surface area contributed by atoms with Crippen molar-refractivity contribution < 1.29 is 0 Å². The topological polar surface area (TPSA) is 91.2 Å². The second-order valence-electron chi connectivity index (χ2n) is 2.53. The van der Waals surface area contributed by atoms with Gasteiger partial charge in [-0.15, -0.1) is 0 Å². The maximum absolute atomic E-state index is 8.90. The lowest BCUT2D eigenvalue weighted by atomic mass is 10.5. The van der Waals surface area contributed by atoms with Gasteiger partial charge < -0.3 is 0 Å². The van der Waals surface area contributed by atoms with Gasteiger partial charge in [0, 0.05) is 0 Å². The molecule has 2 rings (SSSR count). The van der Waals surface area contributed by atoms with Crippen molar-refractivity contribution in [3.8, 4) is 23.0 Å². The first-order valence-corrected chi connectivity index (χ1v) is 5.98. The first-order chi connectivity index (χ1) is 7.80. The highest BCUT2D eigenvalue weighted by atomic mass is 32.2. The Hall–Kier alpha value is -1.90. The van der Waals surface area contributed by atoms with Gasteiger partial charge in [-0.2, -0.15) is 14.9 Å². The van der Waals surface area contributed by atoms with Crippen molar-refractivity contribution in [2.45, 2.75) is 5.16 Å². The summed E-state index contributed by atoms with van der Waals surface area (Å²) in [7, 11) is 0. The number of nitrogens with zero attached hydrogens (tertiary/aromatic N) is 6. The van der Waals surface area contributed by atoms with Crippen LogP contribution >= 0.6 is 23.3 Å². The van der Waals surface area contributed by atoms with E-state index in [0.717, 1.165) is 16.1 Å². The van der Waals surface area contributed by atoms with E-state index in [1.807, 2.05) is 12.4 Å². The van der Waals surface area contributed by atoms with E-state index in [-0.39, 0.29) is 5.82 Å². The monoisotopic (exact) mass is 247 g/mol. The minimum Gasteiger partial charge on any atom is -0.216 e. The van der Waals surface area contributed by atoms with Crippen LogP contribution in [0.1, 0.15) is 5.82 Å². The van der Waals surface area contributed by atoms with Gasteiger partial charge >= 0.3 is 0 Å². The number of hydrogen-bond donors (Lipinski definition) is 0. The summed E-state index contributed by atoms with van der Waals surface area (Å²) in [5, 5.41) is 18.8. The van der Waals surface area contributed by atoms with Crippen LogP contribution in [0.15, 0.2) is 5.16 Å². The van der Waals surface area contributed by atoms with Crippen molar-refractivity contribution in [2.24, 2.45) is 0 Å². The molecular formula is C8H3N6S2. The molecule has 0 saturated heterocycles. The molecule has 0 unspecified atom stereocenters. The van der Waals surface area contributed by atoms with Gasteiger partial charge in [0.15, 0.2) is 16.4 Å². The largest absolute Gasteiger partial charge is 0.227 e. The van der Waals surface area contributed by atoms with Crippen LogP contribution in [0, 0.1) is 29.0 Å². The molecule has 0 bridgehead atoms. The van der Waals surface area contributed by atoms with Crippen molar-refractivity contribution in [1.29, 1.82) is 10.5 Å². The molecule has 0 aromatic carbocycles. The Morgan fingerprint density at radius 3 is 2.88 bits per heavy atom. The van der Waals surface area contributed by atoms with E-state index in [4.69, 9.17) is 10.5 Å². The van der Waals surface area contributed by atoms with E-state index in [2.05, 4.69) is 20.5 Å². The van der Waals surface area contributed by atoms with Gasteiger partial charge in [-0.25, -0.2) is 14.5 Å². The predicted molar refractivity (Wildman–Crippen MR) is 57.5 cm³/mol. The molecule has 8 heteroatoms. The van der Waals surface area contributed by atoms with Crippen molar-refractivity contribution in [3.05, 3.63) is 12.0 Å². The van der Waals surface area contributed by atoms with Crippen LogP contribution in [0.2, 0.25) is 0 Å². The number of imidazole rings is 1. The maximum Gasteiger partial charge on any atom is 0.227 e. The lowest BCUT2D eigenvalue weighted by Gasteiger charge is -1.92. The Morgan fingerprint density at radius 2 is 2.31 bits per heavy atom. The summed E-state index contributed by atoms with van der Waals surface area (Å²) in [6, 6.07) is 1.81. The molecule has 77 valence electrons. The summed E-state index contributed by atoms with van der Waals surface area (Å²) in [5.74, 6) is -0.00148. The second kappa shape index (κ2) is 4.31. The van der Waals surface area contributed by atoms with Gasteiger partial charge in [0.2, 0.25) is 5.82 Å². The van der Waals surface area contributed by atoms with Crippen molar-refractivity contribution >= 4 is 23.3 Å². The third kappa shape index (κ3) is 1.65. The van der Waals surface area contributed by atoms with Gasteiger partial charge in [0.25, 0.3) is 0 Å². The molecule has 0 aliphatic carbocycles. The second-order valence-corrected chi connectivity index (χ2v) is 4.05. The Morgan fingerprint density at radius 1 is 1.50 bits per heavy atom. The highest BCUT2D eigenvalue weighted by Crippen LogP contribution is 2.24. The molecule has 2 aromatic heterocycles. The van der Waals surface area contributed by atoms with Gasteiger partial charge in [-0.1, -0.05) is 11.8 Å². The van der Waals surface area contributed by atoms with Crippen LogP contribution in [0.25, 0.3) is 10.7 Å². The van der Waals surface area contributed by atoms with Crippen LogP contribution in [0.3, 0.4) is 0 Å². The Kier molecular flexibility index (Phi) is 2.86. The fourth-order valence-electron chi connectivity index (χ4n) is 1.02. The first kappa shape index (κ1) is 10.6. The van der Waals surface area contributed by atoms with E-state index >= 15 is 0 Å². The summed E-state index contributed by atoms with van der Waals surface area (Å²) in [5.41, 5.74) is 0.372. The highest BCUT2D eigenvalue weighted by molar-refractivity contribution is 7.98. The zero-order valence-corrected chi connectivity index (χ0v) is 9.63. The van der Waals surface area contributed by atoms with Crippen LogP contribution in [-0.2, 0) is 0 Å². The Bertz CT molecular complexity index is 599. The van der Waals surface area contributed by atoms with Crippen molar-refractivity contribution in [2.75, 3.05) is 6.26 Å². The number of thioether (sulfide) groups is 1. The molecule has 0 fully saturated rings. The van der Waals surface area contributed by atoms with Crippen LogP contribution in [0.4, 0.5) is 0 Å². The summed E-state index contributed by atoms with van der Waals surface area (Å²) in [4.78, 5) is 7.88. The minimum absolute atomic E-state index is 0.00148. The van der Waals surface area contributed by atoms with Crippen LogP contribution in [-0.4, -0.2) is 25.2 Å². The summed E-state index contributed by atoms with van der Waals surface area (Å²) >= 11 is 2.55. The SMILES string of the molecule is CSc1nsc(-c2[c]nc(C#N)n2C#N)n1. The molecule has 2 aromatic rings. The number of hydrogen-bond acceptors (Lipinski definition) is 7. The molecule has 0 amide bonds. The zero-order chi connectivity index (χ0) is 11.5. The third-order valence-corrected chi connectivity index (χ3v) is 3.08. The fourth-order valence-corrected chi connectivity index (χ4v) is 2.22. The normalized spacial score (nSPS) is 9.69. The molecule has 0 aliphatic heterocycles. The van der Waals surface area contributed by atoms with E-state index in [9.17, 15) is 0 Å². The molecule has 0 spiro atoms. The molecule has 0 N–H and O–H groups in total. The fraction of sp³-hybridized carbons (Fsp3) is 0.125. The molecule has 2 heterocycles. The molecule has 0 saturated carbocycles. The Labute approximate surface area is 99.4 Å². The van der Waals surface area contributed by atoms with Crippen LogP contribution in [0.5, 0.6) is 0 Å². The Balaban J connectivity index is 2.53. The van der Waals surface area contributed by atoms with Gasteiger partial charge in [0.05, 0.1) is 0 Å². The summed E-state index contributed by atoms with van der Waals surface area (Å²) in [6.45, 7) is 0. The lowest BCUT2D eigenvalue weighted by Crippen LogP contribution is -1.95. The summed E-state index contributed by atoms with van der Waals surface area (Å²) in [6.07, 6.45) is 6.31. The third-order valence-electron chi connectivity index (χ3n) is 1.70. The molecular weight excluding hydrogens is 244 g/mol. The zero-order valence-electron chi connectivity index (χ0n) is 8.00. The van der Waals surface area contributed by atoms with Gasteiger partial charge in [-0.3, -0.25) is 0 Å². The molecule has 0 aliphatic rings. The lowest BCUT2D eigenvalue weighted by molar-refractivity contribution is 1.03. The van der Waals surface area contributed by atoms with Crippen molar-refractivity contribution in [3.63, 3.8) is 0 Å². The number of aromatic nitrogens is 4. The highest BCUT2D eigenvalue weighted by Gasteiger charge is 2.15. The average Bonchev–Trinajstić information content (AvgIpc) is 2.93. The summed E-state index contributed by atoms with van der Waals surface area (Å²) < 4.78 is 5.15. The molecule has 6 nitrogen and oxygen atoms in total. The standard InChI is InChI=1S/C8H3N6S2/c1-15-8-12-7(16-13-8)5-3-11-6(2-9)14(5)4-10/h1H3. The van der Waals surface area contributed by atoms with E-state index in [1.54, 1.807) is 6.07 Å². The molecule has 16 heavy (non-hydrogen) atoms. The molecule has 1 radical (unpaired) electrons. The van der Waals surface area contributed by atoms with E-state index in [0.29, 0.717) is 15.9 Å². The quantitative estimate of drug-likeness (QED) is 0.738. The first-order valence-electron chi connectivity index (χ1n) is 3.99. The van der Waals surface area contributed by atoms with E-state index in [1.165, 1.54) is 11.8 Å². The van der Waals surface area contributed by atoms with Gasteiger partial charge in [0.1, 0.15) is 18.0 Å². The van der Waals surface area contributed by atoms with Gasteiger partial charge in [-0.05, 0) is 17.8 Å². The van der Waals surface area contributed by atoms with E-state index < -0.39 is 0 Å². The average molecular weight is 247 g/mol. The molecule has 0 atom stereocenters. The minimum atomic E-state index is -0.00148. The van der Waals surface area contributed by atoms with Crippen molar-refractivity contribution in [1.82, 2.24) is 18.9 Å². The predicted octanol–water partition coefficient (Wildman–Crippen LogP) is 1.12. The smallest absolute Gasteiger partial charge is 0.216 e. The number of rotatable bonds is 2. The maximum atomic E-state index is 8.90. The number of nitriles is 2.